The number of nitro benzene ring substituents is 1. The van der Waals surface area contributed by atoms with Gasteiger partial charge in [-0.05, 0) is 29.8 Å². The van der Waals surface area contributed by atoms with E-state index in [4.69, 9.17) is 21.4 Å². The van der Waals surface area contributed by atoms with Crippen LogP contribution in [0.2, 0.25) is 5.02 Å². The molecular formula is C14H11ClFNO4. The van der Waals surface area contributed by atoms with Crippen molar-refractivity contribution in [1.82, 2.24) is 0 Å². The second-order valence-corrected chi connectivity index (χ2v) is 4.68. The number of aliphatic hydroxyl groups is 1. The van der Waals surface area contributed by atoms with Crippen LogP contribution in [0.15, 0.2) is 36.4 Å². The van der Waals surface area contributed by atoms with Gasteiger partial charge in [0.25, 0.3) is 0 Å². The van der Waals surface area contributed by atoms with Gasteiger partial charge in [-0.3, -0.25) is 10.1 Å². The van der Waals surface area contributed by atoms with Crippen molar-refractivity contribution in [2.75, 3.05) is 0 Å². The molecule has 0 heterocycles. The normalized spacial score (nSPS) is 10.4. The summed E-state index contributed by atoms with van der Waals surface area (Å²) in [5, 5.41) is 20.3. The Hall–Kier alpha value is -2.18. The van der Waals surface area contributed by atoms with Crippen LogP contribution >= 0.6 is 11.6 Å². The number of nitro groups is 1. The maximum absolute atomic E-state index is 13.5. The Morgan fingerprint density at radius 2 is 2.05 bits per heavy atom. The Morgan fingerprint density at radius 3 is 2.71 bits per heavy atom. The first-order valence-electron chi connectivity index (χ1n) is 5.96. The largest absolute Gasteiger partial charge is 0.482 e. The molecule has 0 spiro atoms. The van der Waals surface area contributed by atoms with Crippen molar-refractivity contribution in [3.05, 3.63) is 68.5 Å². The maximum Gasteiger partial charge on any atom is 0.311 e. The molecule has 0 fully saturated rings. The summed E-state index contributed by atoms with van der Waals surface area (Å²) >= 11 is 5.76. The number of benzene rings is 2. The number of rotatable bonds is 5. The number of hydrogen-bond donors (Lipinski definition) is 1. The molecular weight excluding hydrogens is 301 g/mol. The summed E-state index contributed by atoms with van der Waals surface area (Å²) in [5.74, 6) is -0.509. The number of ether oxygens (including phenoxy) is 1. The molecule has 0 aliphatic heterocycles. The highest BCUT2D eigenvalue weighted by molar-refractivity contribution is 6.30. The molecule has 2 aromatic carbocycles. The molecule has 1 N–H and O–H groups in total. The molecule has 110 valence electrons. The topological polar surface area (TPSA) is 72.6 Å². The lowest BCUT2D eigenvalue weighted by Crippen LogP contribution is -2.02. The molecule has 2 aromatic rings. The zero-order valence-electron chi connectivity index (χ0n) is 10.8. The van der Waals surface area contributed by atoms with Crippen LogP contribution < -0.4 is 4.74 Å². The van der Waals surface area contributed by atoms with Crippen molar-refractivity contribution < 1.29 is 19.2 Å². The van der Waals surface area contributed by atoms with Crippen LogP contribution in [0.25, 0.3) is 0 Å². The molecule has 2 rings (SSSR count). The molecule has 0 saturated heterocycles. The van der Waals surface area contributed by atoms with Crippen molar-refractivity contribution in [1.29, 1.82) is 0 Å². The summed E-state index contributed by atoms with van der Waals surface area (Å²) in [6, 6.07) is 8.07. The zero-order valence-corrected chi connectivity index (χ0v) is 11.5. The third kappa shape index (κ3) is 3.68. The summed E-state index contributed by atoms with van der Waals surface area (Å²) in [6.07, 6.45) is 0. The van der Waals surface area contributed by atoms with Crippen LogP contribution in [0, 0.1) is 15.9 Å². The number of nitrogens with zero attached hydrogens (tertiary/aromatic N) is 1. The Morgan fingerprint density at radius 1 is 1.29 bits per heavy atom. The van der Waals surface area contributed by atoms with Gasteiger partial charge in [0.1, 0.15) is 12.4 Å². The Balaban J connectivity index is 2.23. The van der Waals surface area contributed by atoms with Crippen molar-refractivity contribution in [2.24, 2.45) is 0 Å². The van der Waals surface area contributed by atoms with E-state index >= 15 is 0 Å². The summed E-state index contributed by atoms with van der Waals surface area (Å²) in [7, 11) is 0. The van der Waals surface area contributed by atoms with Gasteiger partial charge >= 0.3 is 5.69 Å². The van der Waals surface area contributed by atoms with Crippen LogP contribution in [0.1, 0.15) is 11.1 Å². The van der Waals surface area contributed by atoms with Crippen molar-refractivity contribution >= 4 is 17.3 Å². The Kier molecular flexibility index (Phi) is 4.72. The summed E-state index contributed by atoms with van der Waals surface area (Å²) in [4.78, 5) is 10.3. The fraction of sp³-hybridized carbons (Fsp3) is 0.143. The molecule has 0 aliphatic rings. The molecule has 0 bridgehead atoms. The van der Waals surface area contributed by atoms with E-state index < -0.39 is 10.7 Å². The second kappa shape index (κ2) is 6.51. The van der Waals surface area contributed by atoms with E-state index in [-0.39, 0.29) is 30.2 Å². The van der Waals surface area contributed by atoms with Gasteiger partial charge in [-0.2, -0.15) is 0 Å². The van der Waals surface area contributed by atoms with E-state index in [9.17, 15) is 14.5 Å². The predicted octanol–water partition coefficient (Wildman–Crippen LogP) is 3.46. The fourth-order valence-electron chi connectivity index (χ4n) is 1.74. The summed E-state index contributed by atoms with van der Waals surface area (Å²) in [6.45, 7) is -0.504. The molecule has 0 radical (unpaired) electrons. The molecule has 21 heavy (non-hydrogen) atoms. The highest BCUT2D eigenvalue weighted by atomic mass is 35.5. The summed E-state index contributed by atoms with van der Waals surface area (Å²) in [5.41, 5.74) is 0.301. The monoisotopic (exact) mass is 311 g/mol. The third-order valence-electron chi connectivity index (χ3n) is 2.79. The minimum atomic E-state index is -0.622. The minimum absolute atomic E-state index is 0.00317. The van der Waals surface area contributed by atoms with E-state index in [0.29, 0.717) is 10.6 Å². The van der Waals surface area contributed by atoms with Gasteiger partial charge in [0.2, 0.25) is 0 Å². The first-order valence-corrected chi connectivity index (χ1v) is 6.34. The van der Waals surface area contributed by atoms with E-state index in [1.165, 1.54) is 36.4 Å². The van der Waals surface area contributed by atoms with Gasteiger partial charge in [-0.25, -0.2) is 4.39 Å². The Labute approximate surface area is 124 Å². The highest BCUT2D eigenvalue weighted by Crippen LogP contribution is 2.29. The number of hydrogen-bond acceptors (Lipinski definition) is 4. The molecule has 0 atom stereocenters. The average molecular weight is 312 g/mol. The maximum atomic E-state index is 13.5. The fourth-order valence-corrected chi connectivity index (χ4v) is 1.93. The van der Waals surface area contributed by atoms with Crippen LogP contribution in [-0.4, -0.2) is 10.0 Å². The lowest BCUT2D eigenvalue weighted by atomic mass is 10.2. The Bertz CT molecular complexity index is 678. The highest BCUT2D eigenvalue weighted by Gasteiger charge is 2.16. The van der Waals surface area contributed by atoms with E-state index in [1.807, 2.05) is 0 Å². The molecule has 5 nitrogen and oxygen atoms in total. The number of aliphatic hydroxyl groups excluding tert-OH is 1. The summed E-state index contributed by atoms with van der Waals surface area (Å²) < 4.78 is 18.8. The smallest absolute Gasteiger partial charge is 0.311 e. The SMILES string of the molecule is O=[N+]([O-])c1cc(CO)ccc1OCc1cc(Cl)ccc1F. The minimum Gasteiger partial charge on any atom is -0.482 e. The molecule has 0 aromatic heterocycles. The van der Waals surface area contributed by atoms with Gasteiger partial charge < -0.3 is 9.84 Å². The van der Waals surface area contributed by atoms with Gasteiger partial charge in [-0.15, -0.1) is 0 Å². The molecule has 7 heteroatoms. The molecule has 0 amide bonds. The van der Waals surface area contributed by atoms with Crippen LogP contribution in [0.4, 0.5) is 10.1 Å². The molecule has 0 saturated carbocycles. The van der Waals surface area contributed by atoms with E-state index in [2.05, 4.69) is 0 Å². The first kappa shape index (κ1) is 15.2. The van der Waals surface area contributed by atoms with Crippen molar-refractivity contribution in [2.45, 2.75) is 13.2 Å². The van der Waals surface area contributed by atoms with Crippen molar-refractivity contribution in [3.63, 3.8) is 0 Å². The van der Waals surface area contributed by atoms with Gasteiger partial charge in [0.15, 0.2) is 5.75 Å². The quantitative estimate of drug-likeness (QED) is 0.678. The second-order valence-electron chi connectivity index (χ2n) is 4.24. The first-order chi connectivity index (χ1) is 10.0. The van der Waals surface area contributed by atoms with Crippen LogP contribution in [-0.2, 0) is 13.2 Å². The third-order valence-corrected chi connectivity index (χ3v) is 3.03. The molecule has 0 unspecified atom stereocenters. The lowest BCUT2D eigenvalue weighted by molar-refractivity contribution is -0.386. The number of halogens is 2. The van der Waals surface area contributed by atoms with Crippen molar-refractivity contribution in [3.8, 4) is 5.75 Å². The molecule has 0 aliphatic carbocycles. The zero-order chi connectivity index (χ0) is 15.4. The van der Waals surface area contributed by atoms with E-state index in [0.717, 1.165) is 0 Å². The van der Waals surface area contributed by atoms with Gasteiger partial charge in [-0.1, -0.05) is 17.7 Å². The van der Waals surface area contributed by atoms with Crippen LogP contribution in [0.3, 0.4) is 0 Å². The van der Waals surface area contributed by atoms with Gasteiger partial charge in [0, 0.05) is 16.7 Å². The van der Waals surface area contributed by atoms with E-state index in [1.54, 1.807) is 0 Å². The lowest BCUT2D eigenvalue weighted by Gasteiger charge is -2.09. The van der Waals surface area contributed by atoms with Gasteiger partial charge in [0.05, 0.1) is 11.5 Å². The standard InChI is InChI=1S/C14H11ClFNO4/c15-11-2-3-12(16)10(6-11)8-21-14-4-1-9(7-18)5-13(14)17(19)20/h1-6,18H,7-8H2. The average Bonchev–Trinajstić information content (AvgIpc) is 2.48. The predicted molar refractivity (Wildman–Crippen MR) is 74.8 cm³/mol. The van der Waals surface area contributed by atoms with Crippen LogP contribution in [0.5, 0.6) is 5.75 Å².